The maximum absolute atomic E-state index is 8.67. The summed E-state index contributed by atoms with van der Waals surface area (Å²) >= 11 is 1.99. The van der Waals surface area contributed by atoms with Crippen molar-refractivity contribution in [1.29, 1.82) is 5.26 Å². The second-order valence-electron chi connectivity index (χ2n) is 3.92. The molecule has 2 heteroatoms. The van der Waals surface area contributed by atoms with Crippen LogP contribution in [-0.2, 0) is 5.75 Å². The molecule has 0 unspecified atom stereocenters. The number of hydrogen-bond donors (Lipinski definition) is 0. The summed E-state index contributed by atoms with van der Waals surface area (Å²) in [6, 6.07) is 10.0. The lowest BCUT2D eigenvalue weighted by molar-refractivity contribution is 0.706. The Bertz CT molecular complexity index is 324. The van der Waals surface area contributed by atoms with E-state index in [9.17, 15) is 0 Å². The minimum Gasteiger partial charge on any atom is -0.192 e. The van der Waals surface area contributed by atoms with Crippen molar-refractivity contribution >= 4 is 11.8 Å². The molecular formula is C14H19NS. The maximum atomic E-state index is 8.67. The fourth-order valence-corrected chi connectivity index (χ4v) is 2.48. The van der Waals surface area contributed by atoms with Gasteiger partial charge >= 0.3 is 0 Å². The highest BCUT2D eigenvalue weighted by Crippen LogP contribution is 2.15. The van der Waals surface area contributed by atoms with Crippen LogP contribution < -0.4 is 0 Å². The van der Waals surface area contributed by atoms with Gasteiger partial charge in [0.05, 0.1) is 11.6 Å². The Morgan fingerprint density at radius 2 is 1.88 bits per heavy atom. The van der Waals surface area contributed by atoms with E-state index in [2.05, 4.69) is 25.1 Å². The second kappa shape index (κ2) is 8.24. The Labute approximate surface area is 103 Å². The molecule has 0 fully saturated rings. The van der Waals surface area contributed by atoms with Gasteiger partial charge in [0.1, 0.15) is 0 Å². The highest BCUT2D eigenvalue weighted by molar-refractivity contribution is 7.98. The summed E-state index contributed by atoms with van der Waals surface area (Å²) in [5.74, 6) is 2.32. The molecule has 0 radical (unpaired) electrons. The van der Waals surface area contributed by atoms with Gasteiger partial charge in [-0.2, -0.15) is 17.0 Å². The van der Waals surface area contributed by atoms with Crippen molar-refractivity contribution in [3.8, 4) is 6.07 Å². The van der Waals surface area contributed by atoms with Gasteiger partial charge in [0.15, 0.2) is 0 Å². The first-order valence-electron chi connectivity index (χ1n) is 5.93. The molecule has 0 aliphatic carbocycles. The number of benzene rings is 1. The number of hydrogen-bond acceptors (Lipinski definition) is 2. The topological polar surface area (TPSA) is 23.8 Å². The summed E-state index contributed by atoms with van der Waals surface area (Å²) in [6.45, 7) is 2.24. The lowest BCUT2D eigenvalue weighted by Crippen LogP contribution is -1.85. The molecular weight excluding hydrogens is 214 g/mol. The van der Waals surface area contributed by atoms with E-state index in [1.165, 1.54) is 37.0 Å². The minimum atomic E-state index is 0.747. The van der Waals surface area contributed by atoms with Crippen LogP contribution in [0.15, 0.2) is 24.3 Å². The van der Waals surface area contributed by atoms with Crippen molar-refractivity contribution in [2.24, 2.45) is 0 Å². The molecule has 0 atom stereocenters. The van der Waals surface area contributed by atoms with E-state index in [-0.39, 0.29) is 0 Å². The molecule has 0 N–H and O–H groups in total. The fraction of sp³-hybridized carbons (Fsp3) is 0.500. The molecule has 0 bridgehead atoms. The molecule has 0 amide bonds. The van der Waals surface area contributed by atoms with E-state index >= 15 is 0 Å². The number of nitriles is 1. The van der Waals surface area contributed by atoms with Gasteiger partial charge < -0.3 is 0 Å². The van der Waals surface area contributed by atoms with Gasteiger partial charge in [0.2, 0.25) is 0 Å². The van der Waals surface area contributed by atoms with Gasteiger partial charge in [-0.05, 0) is 29.9 Å². The first-order chi connectivity index (χ1) is 7.86. The van der Waals surface area contributed by atoms with E-state index in [1.807, 2.05) is 23.9 Å². The molecule has 16 heavy (non-hydrogen) atoms. The normalized spacial score (nSPS) is 10.0. The summed E-state index contributed by atoms with van der Waals surface area (Å²) in [5.41, 5.74) is 2.07. The Balaban J connectivity index is 2.15. The van der Waals surface area contributed by atoms with Crippen molar-refractivity contribution in [3.63, 3.8) is 0 Å². The van der Waals surface area contributed by atoms with Crippen LogP contribution in [-0.4, -0.2) is 5.75 Å². The third-order valence-electron chi connectivity index (χ3n) is 2.49. The Morgan fingerprint density at radius 3 is 2.50 bits per heavy atom. The van der Waals surface area contributed by atoms with E-state index in [0.717, 1.165) is 11.3 Å². The molecule has 1 rings (SSSR count). The van der Waals surface area contributed by atoms with Crippen LogP contribution >= 0.6 is 11.8 Å². The van der Waals surface area contributed by atoms with Crippen molar-refractivity contribution < 1.29 is 0 Å². The molecule has 0 saturated heterocycles. The average molecular weight is 233 g/mol. The van der Waals surface area contributed by atoms with Gasteiger partial charge in [-0.1, -0.05) is 38.3 Å². The van der Waals surface area contributed by atoms with Crippen LogP contribution in [0.2, 0.25) is 0 Å². The van der Waals surface area contributed by atoms with Crippen LogP contribution in [0, 0.1) is 11.3 Å². The van der Waals surface area contributed by atoms with Crippen LogP contribution in [0.3, 0.4) is 0 Å². The largest absolute Gasteiger partial charge is 0.192 e. The third kappa shape index (κ3) is 5.23. The van der Waals surface area contributed by atoms with Gasteiger partial charge in [-0.3, -0.25) is 0 Å². The zero-order valence-electron chi connectivity index (χ0n) is 9.91. The number of thioether (sulfide) groups is 1. The molecule has 0 aliphatic rings. The fourth-order valence-electron chi connectivity index (χ4n) is 1.50. The summed E-state index contributed by atoms with van der Waals surface area (Å²) in [5, 5.41) is 8.67. The van der Waals surface area contributed by atoms with Gasteiger partial charge in [-0.15, -0.1) is 0 Å². The van der Waals surface area contributed by atoms with Crippen molar-refractivity contribution in [3.05, 3.63) is 35.4 Å². The Morgan fingerprint density at radius 1 is 1.12 bits per heavy atom. The maximum Gasteiger partial charge on any atom is 0.0991 e. The lowest BCUT2D eigenvalue weighted by Gasteiger charge is -2.02. The van der Waals surface area contributed by atoms with Crippen LogP contribution in [0.4, 0.5) is 0 Å². The monoisotopic (exact) mass is 233 g/mol. The summed E-state index contributed by atoms with van der Waals surface area (Å²) in [6.07, 6.45) is 5.35. The Hall–Kier alpha value is -0.940. The van der Waals surface area contributed by atoms with Crippen LogP contribution in [0.25, 0.3) is 0 Å². The second-order valence-corrected chi connectivity index (χ2v) is 5.03. The quantitative estimate of drug-likeness (QED) is 0.653. The zero-order valence-corrected chi connectivity index (χ0v) is 10.7. The van der Waals surface area contributed by atoms with Gasteiger partial charge in [0.25, 0.3) is 0 Å². The summed E-state index contributed by atoms with van der Waals surface area (Å²) in [4.78, 5) is 0. The lowest BCUT2D eigenvalue weighted by atomic mass is 10.2. The van der Waals surface area contributed by atoms with Crippen molar-refractivity contribution in [2.45, 2.75) is 38.4 Å². The molecule has 86 valence electrons. The number of unbranched alkanes of at least 4 members (excludes halogenated alkanes) is 3. The van der Waals surface area contributed by atoms with E-state index in [1.54, 1.807) is 0 Å². The number of rotatable bonds is 7. The van der Waals surface area contributed by atoms with E-state index in [0.29, 0.717) is 0 Å². The first-order valence-corrected chi connectivity index (χ1v) is 7.09. The van der Waals surface area contributed by atoms with Crippen LogP contribution in [0.5, 0.6) is 0 Å². The average Bonchev–Trinajstić information content (AvgIpc) is 2.34. The number of nitrogens with zero attached hydrogens (tertiary/aromatic N) is 1. The smallest absolute Gasteiger partial charge is 0.0991 e. The predicted octanol–water partition coefficient (Wildman–Crippen LogP) is 4.37. The highest BCUT2D eigenvalue weighted by Gasteiger charge is 1.95. The molecule has 1 nitrogen and oxygen atoms in total. The van der Waals surface area contributed by atoms with Gasteiger partial charge in [0, 0.05) is 5.75 Å². The zero-order chi connectivity index (χ0) is 11.6. The standard InChI is InChI=1S/C14H19NS/c1-2-3-4-5-10-16-12-14-8-6-13(11-15)7-9-14/h6-9H,2-5,10,12H2,1H3. The third-order valence-corrected chi connectivity index (χ3v) is 3.61. The van der Waals surface area contributed by atoms with Crippen molar-refractivity contribution in [2.75, 3.05) is 5.75 Å². The predicted molar refractivity (Wildman–Crippen MR) is 71.5 cm³/mol. The first kappa shape index (κ1) is 13.1. The molecule has 1 aromatic rings. The molecule has 0 aromatic heterocycles. The molecule has 1 aromatic carbocycles. The summed E-state index contributed by atoms with van der Waals surface area (Å²) < 4.78 is 0. The minimum absolute atomic E-state index is 0.747. The van der Waals surface area contributed by atoms with Gasteiger partial charge in [-0.25, -0.2) is 0 Å². The van der Waals surface area contributed by atoms with E-state index in [4.69, 9.17) is 5.26 Å². The van der Waals surface area contributed by atoms with Crippen molar-refractivity contribution in [1.82, 2.24) is 0 Å². The highest BCUT2D eigenvalue weighted by atomic mass is 32.2. The molecule has 0 aliphatic heterocycles. The van der Waals surface area contributed by atoms with E-state index < -0.39 is 0 Å². The SMILES string of the molecule is CCCCCCSCc1ccc(C#N)cc1. The molecule has 0 saturated carbocycles. The molecule has 0 heterocycles. The van der Waals surface area contributed by atoms with Crippen LogP contribution in [0.1, 0.15) is 43.7 Å². The summed E-state index contributed by atoms with van der Waals surface area (Å²) in [7, 11) is 0. The Kier molecular flexibility index (Phi) is 6.76. The molecule has 0 spiro atoms.